The van der Waals surface area contributed by atoms with Gasteiger partial charge in [0, 0.05) is 55.3 Å². The van der Waals surface area contributed by atoms with Crippen molar-refractivity contribution in [2.75, 3.05) is 0 Å². The van der Waals surface area contributed by atoms with Crippen molar-refractivity contribution in [3.63, 3.8) is 0 Å². The maximum atomic E-state index is 9.16. The average molecular weight is 1890 g/mol. The molecule has 18 aromatic rings. The molecule has 0 unspecified atom stereocenters. The fourth-order valence-electron chi connectivity index (χ4n) is 21.5. The van der Waals surface area contributed by atoms with Crippen LogP contribution in [-0.2, 0) is 65.0 Å². The summed E-state index contributed by atoms with van der Waals surface area (Å²) in [6.07, 6.45) is 0. The molecule has 0 saturated heterocycles. The SMILES string of the molecule is [2H]c1c([2H])c([2H])c(-c2cccc3c2c2c(C(C)(C)C)c(-c4cc(C(C)(C)C)cc(C(C)(C)C)c4)ccc2n3-c2cc(C(C)(C)C)cc(C(C)(C)C)c2)c([2H])c1[2H].[2H]c1c([2H])c([2H])c(-c2cccc3c2c2c(C(C)(C)C)c(C(C)(C)C)ccc2n3-c2cc(C(C)(C)C)cc(C(C)(C)C)c2)c([2H])c1[2H].[2H]c1c([2H])c([2H])c(-c2cccc3c2c2c(C(C)(C)C)c(C4c5ccccc5-c5ccccc54)ccc2n3-c2cc(C(C)(C)C)cc(C(C)(C)C)c2)c([2H])c1[2H]. The van der Waals surface area contributed by atoms with E-state index in [1.807, 2.05) is 36.4 Å². The average Bonchev–Trinajstić information content (AvgIpc) is 1.61. The van der Waals surface area contributed by atoms with Gasteiger partial charge in [-0.25, -0.2) is 0 Å². The van der Waals surface area contributed by atoms with E-state index in [2.05, 4.69) is 439 Å². The number of rotatable bonds is 8. The summed E-state index contributed by atoms with van der Waals surface area (Å²) < 4.78 is 138. The predicted molar refractivity (Wildman–Crippen MR) is 621 cm³/mol. The van der Waals surface area contributed by atoms with Crippen LogP contribution in [0, 0.1) is 0 Å². The number of benzene rings is 15. The van der Waals surface area contributed by atoms with E-state index in [9.17, 15) is 0 Å². The largest absolute Gasteiger partial charge is 0.309 e. The minimum absolute atomic E-state index is 0.00550. The fourth-order valence-corrected chi connectivity index (χ4v) is 21.5. The summed E-state index contributed by atoms with van der Waals surface area (Å²) in [6, 6.07) is 72.6. The van der Waals surface area contributed by atoms with Crippen molar-refractivity contribution in [1.29, 1.82) is 0 Å². The summed E-state index contributed by atoms with van der Waals surface area (Å²) in [4.78, 5) is 0. The van der Waals surface area contributed by atoms with E-state index in [0.717, 1.165) is 99.2 Å². The van der Waals surface area contributed by atoms with E-state index in [1.54, 1.807) is 0 Å². The molecule has 0 fully saturated rings. The van der Waals surface area contributed by atoms with Crippen LogP contribution >= 0.6 is 0 Å². The van der Waals surface area contributed by atoms with Gasteiger partial charge in [0.1, 0.15) is 0 Å². The summed E-state index contributed by atoms with van der Waals surface area (Å²) in [5.74, 6) is -0.00550. The van der Waals surface area contributed by atoms with Crippen molar-refractivity contribution in [3.05, 3.63) is 386 Å². The van der Waals surface area contributed by atoms with E-state index < -0.39 is 12.1 Å². The van der Waals surface area contributed by atoms with Crippen molar-refractivity contribution in [2.45, 2.75) is 320 Å². The van der Waals surface area contributed by atoms with Crippen molar-refractivity contribution in [1.82, 2.24) is 13.7 Å². The summed E-state index contributed by atoms with van der Waals surface area (Å²) in [5.41, 5.74) is 33.1. The lowest BCUT2D eigenvalue weighted by Gasteiger charge is -2.31. The van der Waals surface area contributed by atoms with Crippen LogP contribution < -0.4 is 0 Å². The quantitative estimate of drug-likeness (QED) is 0.144. The number of hydrogen-bond donors (Lipinski definition) is 0. The molecule has 1 aliphatic carbocycles. The molecule has 0 N–H and O–H groups in total. The van der Waals surface area contributed by atoms with Crippen LogP contribution in [0.25, 0.3) is 138 Å². The fraction of sp³-hybridized carbons (Fsp3) is 0.353. The normalized spacial score (nSPS) is 14.9. The zero-order valence-electron chi connectivity index (χ0n) is 107. The maximum absolute atomic E-state index is 9.16. The summed E-state index contributed by atoms with van der Waals surface area (Å²) in [7, 11) is 0. The first-order valence-corrected chi connectivity index (χ1v) is 51.2. The van der Waals surface area contributed by atoms with Crippen LogP contribution in [0.1, 0.15) is 359 Å². The lowest BCUT2D eigenvalue weighted by molar-refractivity contribution is 0.535. The lowest BCUT2D eigenvalue weighted by Crippen LogP contribution is -2.22. The molecule has 19 rings (SSSR count). The number of aromatic nitrogens is 3. The Morgan fingerprint density at radius 2 is 0.437 bits per heavy atom. The Kier molecular flexibility index (Phi) is 21.0. The van der Waals surface area contributed by atoms with Gasteiger partial charge in [0.05, 0.1) is 53.7 Å². The second-order valence-corrected chi connectivity index (χ2v) is 52.5. The number of fused-ring (bicyclic) bond motifs is 12. The van der Waals surface area contributed by atoms with E-state index in [4.69, 9.17) is 20.6 Å². The highest BCUT2D eigenvalue weighted by Crippen LogP contribution is 2.56. The Morgan fingerprint density at radius 3 is 0.725 bits per heavy atom. The monoisotopic (exact) mass is 1890 g/mol. The zero-order valence-corrected chi connectivity index (χ0v) is 91.6. The number of nitrogens with zero attached hydrogens (tertiary/aromatic N) is 3. The Balaban J connectivity index is 0.000000160. The van der Waals surface area contributed by atoms with Crippen molar-refractivity contribution >= 4 is 65.4 Å². The minimum Gasteiger partial charge on any atom is -0.309 e. The molecule has 0 atom stereocenters. The Hall–Kier alpha value is -12.3. The van der Waals surface area contributed by atoms with Crippen molar-refractivity contribution < 1.29 is 20.6 Å². The molecule has 0 spiro atoms. The highest BCUT2D eigenvalue weighted by Gasteiger charge is 2.40. The van der Waals surface area contributed by atoms with E-state index in [-0.39, 0.29) is 166 Å². The third-order valence-electron chi connectivity index (χ3n) is 29.1. The van der Waals surface area contributed by atoms with Crippen molar-refractivity contribution in [2.24, 2.45) is 0 Å². The van der Waals surface area contributed by atoms with Crippen LogP contribution in [-0.4, -0.2) is 13.7 Å². The van der Waals surface area contributed by atoms with Crippen LogP contribution in [0.15, 0.2) is 303 Å². The lowest BCUT2D eigenvalue weighted by atomic mass is 9.73. The smallest absolute Gasteiger partial charge is 0.0629 e. The molecule has 142 heavy (non-hydrogen) atoms. The Bertz CT molecular complexity index is 8620. The summed E-state index contributed by atoms with van der Waals surface area (Å²) in [5, 5.41) is 5.82. The first-order valence-electron chi connectivity index (χ1n) is 58.7. The molecule has 0 amide bonds. The first-order chi connectivity index (χ1) is 72.3. The molecule has 3 heterocycles. The second kappa shape index (κ2) is 35.9. The second-order valence-electron chi connectivity index (χ2n) is 52.5. The highest BCUT2D eigenvalue weighted by molar-refractivity contribution is 6.21. The highest BCUT2D eigenvalue weighted by atomic mass is 15.0. The zero-order chi connectivity index (χ0) is 116. The predicted octanol–water partition coefficient (Wildman–Crippen LogP) is 39.7. The third-order valence-corrected chi connectivity index (χ3v) is 29.1. The minimum atomic E-state index is -0.391. The van der Waals surface area contributed by atoms with E-state index in [0.29, 0.717) is 16.7 Å². The van der Waals surface area contributed by atoms with Gasteiger partial charge in [-0.05, 0) is 277 Å². The number of hydrogen-bond acceptors (Lipinski definition) is 0. The first kappa shape index (κ1) is 83.2. The molecule has 3 aromatic heterocycles. The van der Waals surface area contributed by atoms with Crippen LogP contribution in [0.3, 0.4) is 0 Å². The van der Waals surface area contributed by atoms with Crippen LogP contribution in [0.4, 0.5) is 0 Å². The summed E-state index contributed by atoms with van der Waals surface area (Å²) in [6.45, 7) is 81.1. The molecule has 3 nitrogen and oxygen atoms in total. The topological polar surface area (TPSA) is 14.8 Å². The van der Waals surface area contributed by atoms with Crippen LogP contribution in [0.5, 0.6) is 0 Å². The van der Waals surface area contributed by atoms with Crippen LogP contribution in [0.2, 0.25) is 0 Å². The molecule has 15 aromatic carbocycles. The van der Waals surface area contributed by atoms with Gasteiger partial charge in [0.2, 0.25) is 0 Å². The molecular formula is C139H159N3. The summed E-state index contributed by atoms with van der Waals surface area (Å²) >= 11 is 0. The molecule has 0 saturated carbocycles. The standard InChI is InChI=1S/C50H61N.C49H49N.C40H49N/c1-46(2,3)34-26-33(27-35(28-34)47(4,5)6)40-24-25-42-44(45(40)50(13,14)15)43-39(32-20-17-16-18-21-32)22-19-23-41(43)51(42)38-30-36(48(7,8)9)29-37(31-38)49(10,11)12;1-47(2,3)32-28-33(48(4,5)6)30-34(29-32)50-41-25-17-24-35(31-18-11-10-12-19-31)44(41)45-42(50)27-26-40(46(45)49(7,8)9)43-38-22-15-13-20-36(38)37-21-14-16-23-39(37)43;1-37(2,3)27-23-28(38(4,5)6)25-29(24-27)41-32-20-16-19-30(26-17-14-13-15-18-26)34(32)35-33(41)22-21-31(39(7,8)9)36(35)40(10,11)12/h16-31H,1-15H3;10-30,43H,1-9H3;13-25H,1-12H3/i16D,17D,18D,20D,21D;10D,11D,12D,18D,19D;13D,14D,15D,17D,18D. The molecule has 0 aliphatic heterocycles. The Labute approximate surface area is 873 Å². The van der Waals surface area contributed by atoms with Gasteiger partial charge in [-0.1, -0.05) is 479 Å². The molecule has 730 valence electrons. The van der Waals surface area contributed by atoms with Gasteiger partial charge < -0.3 is 13.7 Å². The van der Waals surface area contributed by atoms with Crippen molar-refractivity contribution in [3.8, 4) is 72.7 Å². The third kappa shape index (κ3) is 19.2. The molecular weight excluding hydrogens is 1710 g/mol. The van der Waals surface area contributed by atoms with E-state index >= 15 is 0 Å². The molecule has 1 aliphatic rings. The van der Waals surface area contributed by atoms with Gasteiger partial charge in [0.25, 0.3) is 0 Å². The van der Waals surface area contributed by atoms with Gasteiger partial charge in [-0.15, -0.1) is 0 Å². The van der Waals surface area contributed by atoms with Gasteiger partial charge in [0.15, 0.2) is 0 Å². The Morgan fingerprint density at radius 1 is 0.183 bits per heavy atom. The van der Waals surface area contributed by atoms with E-state index in [1.165, 1.54) is 89.0 Å². The van der Waals surface area contributed by atoms with Gasteiger partial charge >= 0.3 is 0 Å². The molecule has 0 bridgehead atoms. The molecule has 0 radical (unpaired) electrons. The van der Waals surface area contributed by atoms with Gasteiger partial charge in [-0.3, -0.25) is 0 Å². The van der Waals surface area contributed by atoms with Gasteiger partial charge in [-0.2, -0.15) is 0 Å². The molecule has 3 heteroatoms. The maximum Gasteiger partial charge on any atom is 0.0629 e.